The summed E-state index contributed by atoms with van der Waals surface area (Å²) >= 11 is 0. The lowest BCUT2D eigenvalue weighted by molar-refractivity contribution is 0.178. The highest BCUT2D eigenvalue weighted by Crippen LogP contribution is 2.24. The molecule has 0 bridgehead atoms. The van der Waals surface area contributed by atoms with Crippen LogP contribution in [0.25, 0.3) is 0 Å². The Morgan fingerprint density at radius 3 is 3.19 bits per heavy atom. The van der Waals surface area contributed by atoms with Crippen molar-refractivity contribution in [3.63, 3.8) is 0 Å². The van der Waals surface area contributed by atoms with Gasteiger partial charge in [0.25, 0.3) is 0 Å². The Labute approximate surface area is 93.0 Å². The summed E-state index contributed by atoms with van der Waals surface area (Å²) in [6.45, 7) is 2.55. The zero-order valence-corrected chi connectivity index (χ0v) is 9.16. The lowest BCUT2D eigenvalue weighted by Gasteiger charge is -2.17. The standard InChI is InChI=1S/C10H15FN4O/c1-10(11)3-5-15(7-10)9(16)12-6-8-2-4-13-14-8/h2,4H,3,5-7H2,1H3,(H,12,16)(H,13,14). The average molecular weight is 226 g/mol. The third kappa shape index (κ3) is 2.50. The van der Waals surface area contributed by atoms with Gasteiger partial charge in [0.1, 0.15) is 5.67 Å². The summed E-state index contributed by atoms with van der Waals surface area (Å²) in [5.41, 5.74) is -0.415. The van der Waals surface area contributed by atoms with Gasteiger partial charge in [-0.1, -0.05) is 0 Å². The summed E-state index contributed by atoms with van der Waals surface area (Å²) in [5.74, 6) is 0. The summed E-state index contributed by atoms with van der Waals surface area (Å²) in [7, 11) is 0. The topological polar surface area (TPSA) is 61.0 Å². The Hall–Kier alpha value is -1.59. The maximum absolute atomic E-state index is 13.5. The van der Waals surface area contributed by atoms with Crippen molar-refractivity contribution in [3.8, 4) is 0 Å². The van der Waals surface area contributed by atoms with Gasteiger partial charge in [-0.05, 0) is 13.0 Å². The van der Waals surface area contributed by atoms with Crippen LogP contribution in [0.3, 0.4) is 0 Å². The first-order valence-electron chi connectivity index (χ1n) is 5.27. The fourth-order valence-electron chi connectivity index (χ4n) is 1.76. The number of carbonyl (C=O) groups is 1. The van der Waals surface area contributed by atoms with Crippen LogP contribution in [0.2, 0.25) is 0 Å². The van der Waals surface area contributed by atoms with Crippen molar-refractivity contribution in [2.45, 2.75) is 25.6 Å². The summed E-state index contributed by atoms with van der Waals surface area (Å²) in [6.07, 6.45) is 2.03. The first-order valence-corrected chi connectivity index (χ1v) is 5.27. The molecule has 2 N–H and O–H groups in total. The van der Waals surface area contributed by atoms with E-state index >= 15 is 0 Å². The van der Waals surface area contributed by atoms with E-state index in [1.54, 1.807) is 12.3 Å². The number of aromatic amines is 1. The molecule has 1 saturated heterocycles. The average Bonchev–Trinajstić information content (AvgIpc) is 2.83. The largest absolute Gasteiger partial charge is 0.332 e. The van der Waals surface area contributed by atoms with Gasteiger partial charge in [-0.15, -0.1) is 0 Å². The summed E-state index contributed by atoms with van der Waals surface area (Å²) in [5, 5.41) is 9.23. The molecule has 1 unspecified atom stereocenters. The van der Waals surface area contributed by atoms with Crippen LogP contribution in [0, 0.1) is 0 Å². The Morgan fingerprint density at radius 2 is 2.62 bits per heavy atom. The smallest absolute Gasteiger partial charge is 0.317 e. The second-order valence-electron chi connectivity index (χ2n) is 4.33. The highest BCUT2D eigenvalue weighted by molar-refractivity contribution is 5.74. The van der Waals surface area contributed by atoms with Crippen LogP contribution in [0.1, 0.15) is 19.0 Å². The van der Waals surface area contributed by atoms with E-state index in [2.05, 4.69) is 15.5 Å². The fourth-order valence-corrected chi connectivity index (χ4v) is 1.76. The van der Waals surface area contributed by atoms with E-state index in [1.807, 2.05) is 0 Å². The second-order valence-corrected chi connectivity index (χ2v) is 4.33. The molecule has 1 aromatic rings. The van der Waals surface area contributed by atoms with Crippen molar-refractivity contribution in [2.75, 3.05) is 13.1 Å². The number of nitrogens with zero attached hydrogens (tertiary/aromatic N) is 2. The number of amides is 2. The number of nitrogens with one attached hydrogen (secondary N) is 2. The maximum atomic E-state index is 13.5. The molecule has 0 saturated carbocycles. The van der Waals surface area contributed by atoms with Gasteiger partial charge in [0.05, 0.1) is 18.8 Å². The van der Waals surface area contributed by atoms with Crippen LogP contribution >= 0.6 is 0 Å². The molecule has 6 heteroatoms. The SMILES string of the molecule is CC1(F)CCN(C(=O)NCc2ccn[nH]2)C1. The number of aromatic nitrogens is 2. The van der Waals surface area contributed by atoms with Crippen LogP contribution in [0.5, 0.6) is 0 Å². The Balaban J connectivity index is 1.81. The van der Waals surface area contributed by atoms with Crippen LogP contribution in [-0.4, -0.2) is 39.9 Å². The number of hydrogen-bond donors (Lipinski definition) is 2. The van der Waals surface area contributed by atoms with Gasteiger partial charge in [-0.2, -0.15) is 5.10 Å². The fraction of sp³-hybridized carbons (Fsp3) is 0.600. The molecule has 1 aromatic heterocycles. The van der Waals surface area contributed by atoms with Crippen molar-refractivity contribution in [2.24, 2.45) is 0 Å². The molecule has 1 fully saturated rings. The van der Waals surface area contributed by atoms with Crippen molar-refractivity contribution in [1.29, 1.82) is 0 Å². The van der Waals surface area contributed by atoms with E-state index < -0.39 is 5.67 Å². The number of carbonyl (C=O) groups excluding carboxylic acids is 1. The predicted octanol–water partition coefficient (Wildman–Crippen LogP) is 1.05. The molecule has 0 aromatic carbocycles. The minimum atomic E-state index is -1.24. The Morgan fingerprint density at radius 1 is 1.81 bits per heavy atom. The van der Waals surface area contributed by atoms with E-state index in [1.165, 1.54) is 11.8 Å². The number of likely N-dealkylation sites (tertiary alicyclic amines) is 1. The number of alkyl halides is 1. The first kappa shape index (κ1) is 10.9. The quantitative estimate of drug-likeness (QED) is 0.792. The molecule has 0 aliphatic carbocycles. The zero-order chi connectivity index (χ0) is 11.6. The molecule has 2 heterocycles. The van der Waals surface area contributed by atoms with Crippen LogP contribution in [0.4, 0.5) is 9.18 Å². The molecular formula is C10H15FN4O. The number of urea groups is 1. The monoisotopic (exact) mass is 226 g/mol. The van der Waals surface area contributed by atoms with Crippen molar-refractivity contribution < 1.29 is 9.18 Å². The highest BCUT2D eigenvalue weighted by Gasteiger charge is 2.35. The van der Waals surface area contributed by atoms with E-state index in [0.29, 0.717) is 19.5 Å². The van der Waals surface area contributed by atoms with Crippen molar-refractivity contribution >= 4 is 6.03 Å². The lowest BCUT2D eigenvalue weighted by atomic mass is 10.1. The van der Waals surface area contributed by atoms with Gasteiger partial charge in [0, 0.05) is 19.2 Å². The number of hydrogen-bond acceptors (Lipinski definition) is 2. The third-order valence-corrected chi connectivity index (χ3v) is 2.70. The maximum Gasteiger partial charge on any atom is 0.317 e. The number of H-pyrrole nitrogens is 1. The molecule has 2 rings (SSSR count). The first-order chi connectivity index (χ1) is 7.57. The van der Waals surface area contributed by atoms with Gasteiger partial charge in [0.15, 0.2) is 0 Å². The molecule has 5 nitrogen and oxygen atoms in total. The van der Waals surface area contributed by atoms with Crippen LogP contribution in [-0.2, 0) is 6.54 Å². The van der Waals surface area contributed by atoms with Crippen molar-refractivity contribution in [3.05, 3.63) is 18.0 Å². The predicted molar refractivity (Wildman–Crippen MR) is 56.5 cm³/mol. The van der Waals surface area contributed by atoms with E-state index in [9.17, 15) is 9.18 Å². The summed E-state index contributed by atoms with van der Waals surface area (Å²) < 4.78 is 13.5. The van der Waals surface area contributed by atoms with Crippen LogP contribution < -0.4 is 5.32 Å². The zero-order valence-electron chi connectivity index (χ0n) is 9.16. The second kappa shape index (κ2) is 4.11. The van der Waals surface area contributed by atoms with Gasteiger partial charge in [-0.3, -0.25) is 5.10 Å². The van der Waals surface area contributed by atoms with Gasteiger partial charge in [-0.25, -0.2) is 9.18 Å². The molecular weight excluding hydrogens is 211 g/mol. The Kier molecular flexibility index (Phi) is 2.80. The molecule has 88 valence electrons. The molecule has 1 aliphatic heterocycles. The molecule has 1 aliphatic rings. The Bertz CT molecular complexity index is 363. The highest BCUT2D eigenvalue weighted by atomic mass is 19.1. The molecule has 16 heavy (non-hydrogen) atoms. The number of halogens is 1. The van der Waals surface area contributed by atoms with Crippen molar-refractivity contribution in [1.82, 2.24) is 20.4 Å². The van der Waals surface area contributed by atoms with Gasteiger partial charge < -0.3 is 10.2 Å². The lowest BCUT2D eigenvalue weighted by Crippen LogP contribution is -2.39. The number of rotatable bonds is 2. The molecule has 0 spiro atoms. The molecule has 1 atom stereocenters. The summed E-state index contributed by atoms with van der Waals surface area (Å²) in [4.78, 5) is 13.1. The van der Waals surface area contributed by atoms with Gasteiger partial charge >= 0.3 is 6.03 Å². The van der Waals surface area contributed by atoms with E-state index in [0.717, 1.165) is 5.69 Å². The van der Waals surface area contributed by atoms with Crippen LogP contribution in [0.15, 0.2) is 12.3 Å². The minimum Gasteiger partial charge on any atom is -0.332 e. The van der Waals surface area contributed by atoms with Gasteiger partial charge in [0.2, 0.25) is 0 Å². The molecule has 2 amide bonds. The summed E-state index contributed by atoms with van der Waals surface area (Å²) in [6, 6.07) is 1.56. The minimum absolute atomic E-state index is 0.168. The third-order valence-electron chi connectivity index (χ3n) is 2.70. The molecule has 0 radical (unpaired) electrons. The van der Waals surface area contributed by atoms with E-state index in [-0.39, 0.29) is 12.6 Å². The normalized spacial score (nSPS) is 24.8. The van der Waals surface area contributed by atoms with E-state index in [4.69, 9.17) is 0 Å².